The van der Waals surface area contributed by atoms with E-state index < -0.39 is 0 Å². The predicted molar refractivity (Wildman–Crippen MR) is 73.4 cm³/mol. The predicted octanol–water partition coefficient (Wildman–Crippen LogP) is 2.68. The van der Waals surface area contributed by atoms with Gasteiger partial charge in [0.05, 0.1) is 7.11 Å². The third kappa shape index (κ3) is 4.72. The maximum Gasteiger partial charge on any atom is 0.119 e. The molecule has 2 nitrogen and oxygen atoms in total. The van der Waals surface area contributed by atoms with E-state index >= 15 is 0 Å². The van der Waals surface area contributed by atoms with Gasteiger partial charge in [-0.25, -0.2) is 0 Å². The number of methoxy groups -OCH3 is 1. The Balaban J connectivity index is 2.86. The molecule has 0 aliphatic heterocycles. The van der Waals surface area contributed by atoms with Crippen LogP contribution in [0.25, 0.3) is 0 Å². The van der Waals surface area contributed by atoms with Gasteiger partial charge in [0.1, 0.15) is 12.4 Å². The number of hydrogen-bond acceptors (Lipinski definition) is 3. The molecular weight excluding hydrogens is 232 g/mol. The Bertz CT molecular complexity index is 404. The molecule has 0 fully saturated rings. The van der Waals surface area contributed by atoms with Gasteiger partial charge in [-0.2, -0.15) is 11.8 Å². The molecule has 0 atom stereocenters. The van der Waals surface area contributed by atoms with Crippen LogP contribution >= 0.6 is 11.8 Å². The Kier molecular flexibility index (Phi) is 6.61. The summed E-state index contributed by atoms with van der Waals surface area (Å²) in [6.45, 7) is 2.07. The summed E-state index contributed by atoms with van der Waals surface area (Å²) < 4.78 is 5.21. The molecule has 0 spiro atoms. The zero-order chi connectivity index (χ0) is 12.5. The second kappa shape index (κ2) is 8.05. The number of aliphatic hydroxyl groups is 1. The summed E-state index contributed by atoms with van der Waals surface area (Å²) >= 11 is 1.89. The summed E-state index contributed by atoms with van der Waals surface area (Å²) in [5.41, 5.74) is 2.15. The Morgan fingerprint density at radius 2 is 2.24 bits per heavy atom. The molecule has 3 heteroatoms. The van der Waals surface area contributed by atoms with Gasteiger partial charge in [0, 0.05) is 11.3 Å². The minimum absolute atomic E-state index is 0.104. The lowest BCUT2D eigenvalue weighted by molar-refractivity contribution is 0.350. The average Bonchev–Trinajstić information content (AvgIpc) is 2.37. The maximum atomic E-state index is 8.73. The SMILES string of the molecule is CCCSCc1cc(OC)ccc1C#CCO. The van der Waals surface area contributed by atoms with Gasteiger partial charge in [0.15, 0.2) is 0 Å². The minimum atomic E-state index is -0.104. The Morgan fingerprint density at radius 1 is 1.41 bits per heavy atom. The first-order valence-corrected chi connectivity index (χ1v) is 6.81. The second-order valence-corrected chi connectivity index (χ2v) is 4.64. The van der Waals surface area contributed by atoms with Gasteiger partial charge in [0.2, 0.25) is 0 Å². The first-order chi connectivity index (χ1) is 8.31. The van der Waals surface area contributed by atoms with Crippen molar-refractivity contribution in [2.75, 3.05) is 19.5 Å². The summed E-state index contributed by atoms with van der Waals surface area (Å²) in [7, 11) is 1.66. The molecule has 0 amide bonds. The summed E-state index contributed by atoms with van der Waals surface area (Å²) in [5.74, 6) is 8.59. The van der Waals surface area contributed by atoms with Crippen LogP contribution < -0.4 is 4.74 Å². The van der Waals surface area contributed by atoms with E-state index in [0.29, 0.717) is 0 Å². The zero-order valence-electron chi connectivity index (χ0n) is 10.3. The summed E-state index contributed by atoms with van der Waals surface area (Å²) in [4.78, 5) is 0. The second-order valence-electron chi connectivity index (χ2n) is 3.54. The summed E-state index contributed by atoms with van der Waals surface area (Å²) in [5, 5.41) is 8.73. The summed E-state index contributed by atoms with van der Waals surface area (Å²) in [6, 6.07) is 5.86. The van der Waals surface area contributed by atoms with E-state index in [0.717, 1.165) is 22.8 Å². The fourth-order valence-electron chi connectivity index (χ4n) is 1.40. The van der Waals surface area contributed by atoms with Crippen LogP contribution in [0.4, 0.5) is 0 Å². The van der Waals surface area contributed by atoms with Gasteiger partial charge < -0.3 is 9.84 Å². The van der Waals surface area contributed by atoms with Crippen LogP contribution in [-0.2, 0) is 5.75 Å². The molecular formula is C14H18O2S. The number of hydrogen-bond donors (Lipinski definition) is 1. The molecule has 0 aliphatic rings. The molecule has 0 unspecified atom stereocenters. The van der Waals surface area contributed by atoms with Crippen LogP contribution in [0.15, 0.2) is 18.2 Å². The molecule has 0 saturated carbocycles. The monoisotopic (exact) mass is 250 g/mol. The number of rotatable bonds is 5. The fraction of sp³-hybridized carbons (Fsp3) is 0.429. The molecule has 0 saturated heterocycles. The maximum absolute atomic E-state index is 8.73. The normalized spacial score (nSPS) is 9.59. The zero-order valence-corrected chi connectivity index (χ0v) is 11.1. The van der Waals surface area contributed by atoms with Crippen molar-refractivity contribution in [3.05, 3.63) is 29.3 Å². The molecule has 0 heterocycles. The van der Waals surface area contributed by atoms with E-state index in [2.05, 4.69) is 18.8 Å². The lowest BCUT2D eigenvalue weighted by Gasteiger charge is -2.07. The van der Waals surface area contributed by atoms with Gasteiger partial charge in [-0.05, 0) is 35.9 Å². The lowest BCUT2D eigenvalue weighted by atomic mass is 10.1. The quantitative estimate of drug-likeness (QED) is 0.643. The molecule has 1 rings (SSSR count). The van der Waals surface area contributed by atoms with E-state index in [1.807, 2.05) is 30.0 Å². The Morgan fingerprint density at radius 3 is 2.88 bits per heavy atom. The van der Waals surface area contributed by atoms with Crippen molar-refractivity contribution in [3.8, 4) is 17.6 Å². The van der Waals surface area contributed by atoms with Gasteiger partial charge in [0.25, 0.3) is 0 Å². The highest BCUT2D eigenvalue weighted by Gasteiger charge is 2.02. The highest BCUT2D eigenvalue weighted by molar-refractivity contribution is 7.98. The number of ether oxygens (including phenoxy) is 1. The molecule has 0 aliphatic carbocycles. The van der Waals surface area contributed by atoms with E-state index in [4.69, 9.17) is 9.84 Å². The van der Waals surface area contributed by atoms with Crippen molar-refractivity contribution in [2.45, 2.75) is 19.1 Å². The van der Waals surface area contributed by atoms with Crippen molar-refractivity contribution in [3.63, 3.8) is 0 Å². The highest BCUT2D eigenvalue weighted by Crippen LogP contribution is 2.22. The van der Waals surface area contributed by atoms with E-state index in [9.17, 15) is 0 Å². The standard InChI is InChI=1S/C14H18O2S/c1-3-9-17-11-13-10-14(16-2)7-6-12(13)5-4-8-15/h6-7,10,15H,3,8-9,11H2,1-2H3. The third-order valence-corrected chi connectivity index (χ3v) is 3.43. The largest absolute Gasteiger partial charge is 0.497 e. The summed E-state index contributed by atoms with van der Waals surface area (Å²) in [6.07, 6.45) is 1.17. The van der Waals surface area contributed by atoms with Crippen molar-refractivity contribution >= 4 is 11.8 Å². The number of benzene rings is 1. The van der Waals surface area contributed by atoms with Crippen LogP contribution in [0.2, 0.25) is 0 Å². The Hall–Kier alpha value is -1.11. The van der Waals surface area contributed by atoms with Crippen LogP contribution in [0.3, 0.4) is 0 Å². The van der Waals surface area contributed by atoms with Crippen molar-refractivity contribution in [1.82, 2.24) is 0 Å². The number of aliphatic hydroxyl groups excluding tert-OH is 1. The minimum Gasteiger partial charge on any atom is -0.497 e. The van der Waals surface area contributed by atoms with Gasteiger partial charge in [-0.3, -0.25) is 0 Å². The third-order valence-electron chi connectivity index (χ3n) is 2.22. The molecule has 0 radical (unpaired) electrons. The van der Waals surface area contributed by atoms with E-state index in [1.54, 1.807) is 7.11 Å². The van der Waals surface area contributed by atoms with Gasteiger partial charge in [-0.1, -0.05) is 18.8 Å². The first-order valence-electron chi connectivity index (χ1n) is 5.66. The van der Waals surface area contributed by atoms with Crippen LogP contribution in [0.5, 0.6) is 5.75 Å². The topological polar surface area (TPSA) is 29.5 Å². The highest BCUT2D eigenvalue weighted by atomic mass is 32.2. The molecule has 1 aromatic carbocycles. The molecule has 0 aromatic heterocycles. The lowest BCUT2D eigenvalue weighted by Crippen LogP contribution is -1.92. The molecule has 92 valence electrons. The molecule has 17 heavy (non-hydrogen) atoms. The molecule has 1 N–H and O–H groups in total. The smallest absolute Gasteiger partial charge is 0.119 e. The fourth-order valence-corrected chi connectivity index (χ4v) is 2.29. The first kappa shape index (κ1) is 14.0. The Labute approximate surface area is 107 Å². The van der Waals surface area contributed by atoms with E-state index in [1.165, 1.54) is 12.0 Å². The molecule has 1 aromatic rings. The van der Waals surface area contributed by atoms with Gasteiger partial charge in [-0.15, -0.1) is 0 Å². The van der Waals surface area contributed by atoms with E-state index in [-0.39, 0.29) is 6.61 Å². The van der Waals surface area contributed by atoms with Crippen LogP contribution in [0.1, 0.15) is 24.5 Å². The van der Waals surface area contributed by atoms with Crippen LogP contribution in [-0.4, -0.2) is 24.6 Å². The van der Waals surface area contributed by atoms with Crippen LogP contribution in [0, 0.1) is 11.8 Å². The molecule has 0 bridgehead atoms. The van der Waals surface area contributed by atoms with Gasteiger partial charge >= 0.3 is 0 Å². The van der Waals surface area contributed by atoms with Crippen molar-refractivity contribution < 1.29 is 9.84 Å². The van der Waals surface area contributed by atoms with Crippen molar-refractivity contribution in [1.29, 1.82) is 0 Å². The van der Waals surface area contributed by atoms with Crippen molar-refractivity contribution in [2.24, 2.45) is 0 Å². The number of thioether (sulfide) groups is 1. The average molecular weight is 250 g/mol.